The lowest BCUT2D eigenvalue weighted by Gasteiger charge is -2.25. The molecule has 1 amide bonds. The van der Waals surface area contributed by atoms with E-state index in [1.54, 1.807) is 11.3 Å². The van der Waals surface area contributed by atoms with Crippen LogP contribution in [0.3, 0.4) is 0 Å². The van der Waals surface area contributed by atoms with E-state index in [9.17, 15) is 4.79 Å². The number of rotatable bonds is 8. The van der Waals surface area contributed by atoms with E-state index < -0.39 is 0 Å². The molecule has 3 aromatic rings. The Balaban J connectivity index is 1.22. The van der Waals surface area contributed by atoms with E-state index in [2.05, 4.69) is 39.5 Å². The Kier molecular flexibility index (Phi) is 7.22. The first kappa shape index (κ1) is 21.8. The summed E-state index contributed by atoms with van der Waals surface area (Å²) in [4.78, 5) is 20.6. The molecule has 0 spiro atoms. The summed E-state index contributed by atoms with van der Waals surface area (Å²) in [5, 5.41) is 4.35. The molecular formula is C24H26ClN3O2S. The summed E-state index contributed by atoms with van der Waals surface area (Å²) in [7, 11) is 0. The number of halogens is 1. The second-order valence-corrected chi connectivity index (χ2v) is 9.27. The van der Waals surface area contributed by atoms with Crippen LogP contribution in [-0.4, -0.2) is 28.9 Å². The predicted molar refractivity (Wildman–Crippen MR) is 126 cm³/mol. The lowest BCUT2D eigenvalue weighted by Crippen LogP contribution is -2.29. The SMILES string of the molecule is Cc1cc(Cl)ccc1OCCCC(=O)Nc1nc2c(s1)CN(Cc1ccccc1)CC2. The summed E-state index contributed by atoms with van der Waals surface area (Å²) in [6, 6.07) is 16.0. The van der Waals surface area contributed by atoms with Gasteiger partial charge in [0.15, 0.2) is 5.13 Å². The smallest absolute Gasteiger partial charge is 0.226 e. The molecule has 0 radical (unpaired) electrons. The average molecular weight is 456 g/mol. The van der Waals surface area contributed by atoms with E-state index in [4.69, 9.17) is 16.3 Å². The van der Waals surface area contributed by atoms with Crippen LogP contribution in [0.5, 0.6) is 5.75 Å². The van der Waals surface area contributed by atoms with Crippen molar-refractivity contribution in [1.29, 1.82) is 0 Å². The summed E-state index contributed by atoms with van der Waals surface area (Å²) < 4.78 is 5.76. The summed E-state index contributed by atoms with van der Waals surface area (Å²) in [5.41, 5.74) is 3.43. The van der Waals surface area contributed by atoms with Gasteiger partial charge in [-0.1, -0.05) is 41.9 Å². The van der Waals surface area contributed by atoms with Crippen LogP contribution < -0.4 is 10.1 Å². The summed E-state index contributed by atoms with van der Waals surface area (Å²) in [6.45, 7) is 5.25. The number of aryl methyl sites for hydroxylation is 1. The highest BCUT2D eigenvalue weighted by atomic mass is 35.5. The van der Waals surface area contributed by atoms with Crippen LogP contribution in [0.1, 0.15) is 34.5 Å². The van der Waals surface area contributed by atoms with Gasteiger partial charge in [0.1, 0.15) is 5.75 Å². The fourth-order valence-corrected chi connectivity index (χ4v) is 4.94. The van der Waals surface area contributed by atoms with Gasteiger partial charge in [-0.15, -0.1) is 11.3 Å². The molecule has 7 heteroatoms. The zero-order valence-corrected chi connectivity index (χ0v) is 19.1. The normalized spacial score (nSPS) is 13.6. The minimum absolute atomic E-state index is 0.0244. The quantitative estimate of drug-likeness (QED) is 0.458. The Morgan fingerprint density at radius 3 is 2.90 bits per heavy atom. The van der Waals surface area contributed by atoms with Crippen LogP contribution in [0.15, 0.2) is 48.5 Å². The van der Waals surface area contributed by atoms with Crippen molar-refractivity contribution in [2.45, 2.75) is 39.3 Å². The van der Waals surface area contributed by atoms with E-state index in [1.807, 2.05) is 31.2 Å². The molecule has 31 heavy (non-hydrogen) atoms. The molecule has 2 heterocycles. The largest absolute Gasteiger partial charge is 0.493 e. The molecule has 0 saturated heterocycles. The molecule has 0 saturated carbocycles. The van der Waals surface area contributed by atoms with E-state index in [0.717, 1.165) is 43.1 Å². The van der Waals surface area contributed by atoms with Crippen LogP contribution in [0.4, 0.5) is 5.13 Å². The maximum Gasteiger partial charge on any atom is 0.226 e. The Morgan fingerprint density at radius 1 is 1.26 bits per heavy atom. The molecule has 0 unspecified atom stereocenters. The molecule has 1 aliphatic rings. The van der Waals surface area contributed by atoms with Crippen molar-refractivity contribution < 1.29 is 9.53 Å². The molecule has 162 valence electrons. The topological polar surface area (TPSA) is 54.5 Å². The number of anilines is 1. The first-order chi connectivity index (χ1) is 15.1. The molecular weight excluding hydrogens is 430 g/mol. The maximum absolute atomic E-state index is 12.3. The number of nitrogens with zero attached hydrogens (tertiary/aromatic N) is 2. The minimum atomic E-state index is -0.0244. The third kappa shape index (κ3) is 6.06. The fraction of sp³-hybridized carbons (Fsp3) is 0.333. The van der Waals surface area contributed by atoms with Crippen molar-refractivity contribution in [3.8, 4) is 5.75 Å². The summed E-state index contributed by atoms with van der Waals surface area (Å²) >= 11 is 7.55. The highest BCUT2D eigenvalue weighted by Crippen LogP contribution is 2.29. The van der Waals surface area contributed by atoms with Crippen LogP contribution in [0.25, 0.3) is 0 Å². The summed E-state index contributed by atoms with van der Waals surface area (Å²) in [6.07, 6.45) is 1.96. The highest BCUT2D eigenvalue weighted by Gasteiger charge is 2.21. The van der Waals surface area contributed by atoms with Crippen molar-refractivity contribution in [2.75, 3.05) is 18.5 Å². The van der Waals surface area contributed by atoms with E-state index in [1.165, 1.54) is 10.4 Å². The van der Waals surface area contributed by atoms with E-state index in [-0.39, 0.29) is 5.91 Å². The number of thiazole rings is 1. The number of aromatic nitrogens is 1. The molecule has 0 atom stereocenters. The van der Waals surface area contributed by atoms with Gasteiger partial charge in [-0.05, 0) is 42.7 Å². The molecule has 0 bridgehead atoms. The Hall–Kier alpha value is -2.41. The van der Waals surface area contributed by atoms with Gasteiger partial charge in [0.05, 0.1) is 12.3 Å². The first-order valence-electron chi connectivity index (χ1n) is 10.5. The van der Waals surface area contributed by atoms with Gasteiger partial charge in [-0.2, -0.15) is 0 Å². The number of hydrogen-bond donors (Lipinski definition) is 1. The van der Waals surface area contributed by atoms with Crippen LogP contribution in [0, 0.1) is 6.92 Å². The number of carbonyl (C=O) groups excluding carboxylic acids is 1. The van der Waals surface area contributed by atoms with Crippen LogP contribution in [0.2, 0.25) is 5.02 Å². The number of ether oxygens (including phenoxy) is 1. The van der Waals surface area contributed by atoms with E-state index >= 15 is 0 Å². The predicted octanol–water partition coefficient (Wildman–Crippen LogP) is 5.46. The second kappa shape index (κ2) is 10.3. The summed E-state index contributed by atoms with van der Waals surface area (Å²) in [5.74, 6) is 0.779. The second-order valence-electron chi connectivity index (χ2n) is 7.75. The number of benzene rings is 2. The molecule has 1 aliphatic heterocycles. The van der Waals surface area contributed by atoms with E-state index in [0.29, 0.717) is 29.6 Å². The van der Waals surface area contributed by atoms with Gasteiger partial charge >= 0.3 is 0 Å². The molecule has 4 rings (SSSR count). The Morgan fingerprint density at radius 2 is 2.10 bits per heavy atom. The fourth-order valence-electron chi connectivity index (χ4n) is 3.65. The van der Waals surface area contributed by atoms with Crippen molar-refractivity contribution in [3.05, 3.63) is 75.3 Å². The zero-order valence-electron chi connectivity index (χ0n) is 17.6. The van der Waals surface area contributed by atoms with Crippen molar-refractivity contribution in [2.24, 2.45) is 0 Å². The number of fused-ring (bicyclic) bond motifs is 1. The lowest BCUT2D eigenvalue weighted by atomic mass is 10.1. The third-order valence-corrected chi connectivity index (χ3v) is 6.48. The molecule has 1 N–H and O–H groups in total. The third-order valence-electron chi connectivity index (χ3n) is 5.25. The molecule has 0 fully saturated rings. The molecule has 2 aromatic carbocycles. The Bertz CT molecular complexity index is 1040. The van der Waals surface area contributed by atoms with Gasteiger partial charge in [0, 0.05) is 42.4 Å². The average Bonchev–Trinajstić information content (AvgIpc) is 3.14. The van der Waals surface area contributed by atoms with Crippen molar-refractivity contribution >= 4 is 34.0 Å². The number of amides is 1. The van der Waals surface area contributed by atoms with Gasteiger partial charge < -0.3 is 10.1 Å². The van der Waals surface area contributed by atoms with Crippen molar-refractivity contribution in [1.82, 2.24) is 9.88 Å². The molecule has 5 nitrogen and oxygen atoms in total. The van der Waals surface area contributed by atoms with Gasteiger partial charge in [-0.25, -0.2) is 4.98 Å². The van der Waals surface area contributed by atoms with Crippen LogP contribution in [-0.2, 0) is 24.3 Å². The number of hydrogen-bond acceptors (Lipinski definition) is 5. The van der Waals surface area contributed by atoms with Crippen LogP contribution >= 0.6 is 22.9 Å². The number of carbonyl (C=O) groups is 1. The maximum atomic E-state index is 12.3. The lowest BCUT2D eigenvalue weighted by molar-refractivity contribution is -0.116. The van der Waals surface area contributed by atoms with Gasteiger partial charge in [-0.3, -0.25) is 9.69 Å². The van der Waals surface area contributed by atoms with Gasteiger partial charge in [0.2, 0.25) is 5.91 Å². The zero-order chi connectivity index (χ0) is 21.6. The van der Waals surface area contributed by atoms with Crippen molar-refractivity contribution in [3.63, 3.8) is 0 Å². The highest BCUT2D eigenvalue weighted by molar-refractivity contribution is 7.15. The minimum Gasteiger partial charge on any atom is -0.493 e. The van der Waals surface area contributed by atoms with Gasteiger partial charge in [0.25, 0.3) is 0 Å². The standard InChI is InChI=1S/C24H26ClN3O2S/c1-17-14-19(25)9-10-21(17)30-13-5-8-23(29)27-24-26-20-11-12-28(16-22(20)31-24)15-18-6-3-2-4-7-18/h2-4,6-7,9-10,14H,5,8,11-13,15-16H2,1H3,(H,26,27,29). The number of nitrogens with one attached hydrogen (secondary N) is 1. The monoisotopic (exact) mass is 455 g/mol. The Labute approximate surface area is 192 Å². The molecule has 0 aliphatic carbocycles. The molecule has 1 aromatic heterocycles. The first-order valence-corrected chi connectivity index (χ1v) is 11.7.